The third-order valence-corrected chi connectivity index (χ3v) is 26.0. The third kappa shape index (κ3) is 9.24. The van der Waals surface area contributed by atoms with Crippen LogP contribution in [0.3, 0.4) is 0 Å². The molecule has 7 nitrogen and oxygen atoms in total. The van der Waals surface area contributed by atoms with Gasteiger partial charge in [0, 0.05) is 81.0 Å². The Hall–Kier alpha value is -13.9. The van der Waals surface area contributed by atoms with Crippen LogP contribution in [0.25, 0.3) is 154 Å². The number of aromatic nitrogens is 4. The van der Waals surface area contributed by atoms with Gasteiger partial charge in [-0.2, -0.15) is 0 Å². The summed E-state index contributed by atoms with van der Waals surface area (Å²) in [7, 11) is 0. The Morgan fingerprint density at radius 2 is 0.699 bits per heavy atom. The molecule has 6 heterocycles. The average molecular weight is 1470 g/mol. The normalized spacial score (nSPS) is 13.5. The highest BCUT2D eigenvalue weighted by Gasteiger charge is 2.53. The Morgan fingerprint density at radius 1 is 0.274 bits per heavy atom. The third-order valence-electron chi connectivity index (χ3n) is 24.8. The molecular formula is C105H68N4O3S. The fraction of sp³-hybridized carbons (Fsp3) is 0.0667. The van der Waals surface area contributed by atoms with Gasteiger partial charge in [-0.1, -0.05) is 267 Å². The van der Waals surface area contributed by atoms with Crippen molar-refractivity contribution in [3.05, 3.63) is 394 Å². The maximum atomic E-state index is 6.85. The lowest BCUT2D eigenvalue weighted by molar-refractivity contribution is 0.436. The maximum Gasteiger partial charge on any atom is 0.164 e. The Balaban J connectivity index is 0.646. The van der Waals surface area contributed by atoms with Gasteiger partial charge < -0.3 is 13.9 Å². The minimum absolute atomic E-state index is 0.584. The zero-order valence-corrected chi connectivity index (χ0v) is 63.3. The molecule has 4 aromatic heterocycles. The Kier molecular flexibility index (Phi) is 14.1. The smallest absolute Gasteiger partial charge is 0.164 e. The minimum Gasteiger partial charge on any atom is -0.457 e. The maximum absolute atomic E-state index is 6.85. The SMILES string of the molecule is Cc1ccc2c(c1)oc1c(-c3nc(-c4ccc(-c5cccc6c5sc5cccc(-c7c(C)c(C)c(-c8cc(-c9ccccc9)nc(-c9cccc%10c9-c9ccccc9C%109c%10ccccc%10Oc%10ccccc%109)n8)c(C)c7C)c56)cc4)cc(-c4cccc5c4-c4ccccc4C54c5ccccc5Oc5ccccc54)n3)cccc12. The van der Waals surface area contributed by atoms with Crippen LogP contribution in [0.15, 0.2) is 326 Å². The van der Waals surface area contributed by atoms with Crippen molar-refractivity contribution >= 4 is 53.4 Å². The molecule has 4 aliphatic rings. The summed E-state index contributed by atoms with van der Waals surface area (Å²) in [6, 6.07) is 116. The molecule has 8 heteroatoms. The number of aryl methyl sites for hydroxylation is 1. The summed E-state index contributed by atoms with van der Waals surface area (Å²) in [4.78, 5) is 22.6. The lowest BCUT2D eigenvalue weighted by Gasteiger charge is -2.39. The van der Waals surface area contributed by atoms with Crippen LogP contribution < -0.4 is 9.47 Å². The molecule has 0 fully saturated rings. The van der Waals surface area contributed by atoms with Crippen molar-refractivity contribution in [1.82, 2.24) is 19.9 Å². The Labute approximate surface area is 657 Å². The first kappa shape index (κ1) is 65.0. The zero-order chi connectivity index (χ0) is 75.1. The van der Waals surface area contributed by atoms with Crippen LogP contribution in [0.1, 0.15) is 72.3 Å². The van der Waals surface area contributed by atoms with Crippen LogP contribution in [0.5, 0.6) is 23.0 Å². The predicted molar refractivity (Wildman–Crippen MR) is 460 cm³/mol. The number of thiophene rings is 1. The molecule has 0 atom stereocenters. The van der Waals surface area contributed by atoms with Crippen molar-refractivity contribution in [3.8, 4) is 135 Å². The van der Waals surface area contributed by atoms with Crippen molar-refractivity contribution < 1.29 is 13.9 Å². The van der Waals surface area contributed by atoms with Crippen molar-refractivity contribution in [2.24, 2.45) is 0 Å². The molecule has 113 heavy (non-hydrogen) atoms. The van der Waals surface area contributed by atoms with Gasteiger partial charge in [0.15, 0.2) is 11.6 Å². The monoisotopic (exact) mass is 1460 g/mol. The molecule has 0 bridgehead atoms. The van der Waals surface area contributed by atoms with Crippen LogP contribution in [-0.4, -0.2) is 19.9 Å². The van der Waals surface area contributed by atoms with E-state index in [0.29, 0.717) is 11.6 Å². The van der Waals surface area contributed by atoms with Crippen molar-refractivity contribution in [1.29, 1.82) is 0 Å². The number of ether oxygens (including phenoxy) is 2. The van der Waals surface area contributed by atoms with E-state index in [4.69, 9.17) is 33.8 Å². The summed E-state index contributed by atoms with van der Waals surface area (Å²) in [5.74, 6) is 4.68. The predicted octanol–water partition coefficient (Wildman–Crippen LogP) is 27.3. The van der Waals surface area contributed by atoms with Gasteiger partial charge in [-0.15, -0.1) is 11.3 Å². The number of nitrogens with zero attached hydrogens (tertiary/aromatic N) is 4. The van der Waals surface area contributed by atoms with Crippen molar-refractivity contribution in [2.45, 2.75) is 45.4 Å². The van der Waals surface area contributed by atoms with E-state index in [1.807, 2.05) is 11.3 Å². The quantitative estimate of drug-likeness (QED) is 0.150. The molecule has 0 unspecified atom stereocenters. The lowest BCUT2D eigenvalue weighted by Crippen LogP contribution is -2.32. The summed E-state index contributed by atoms with van der Waals surface area (Å²) < 4.78 is 22.8. The summed E-state index contributed by atoms with van der Waals surface area (Å²) in [6.07, 6.45) is 0. The summed E-state index contributed by atoms with van der Waals surface area (Å²) >= 11 is 1.86. The molecule has 23 rings (SSSR count). The van der Waals surface area contributed by atoms with Crippen LogP contribution in [0, 0.1) is 34.6 Å². The Morgan fingerprint density at radius 3 is 1.31 bits per heavy atom. The molecule has 0 saturated heterocycles. The van der Waals surface area contributed by atoms with E-state index in [9.17, 15) is 0 Å². The highest BCUT2D eigenvalue weighted by molar-refractivity contribution is 7.26. The highest BCUT2D eigenvalue weighted by atomic mass is 32.1. The lowest BCUT2D eigenvalue weighted by atomic mass is 9.66. The number of benzene rings is 15. The van der Waals surface area contributed by atoms with E-state index in [0.717, 1.165) is 157 Å². The van der Waals surface area contributed by atoms with Gasteiger partial charge in [-0.25, -0.2) is 19.9 Å². The van der Waals surface area contributed by atoms with E-state index in [-0.39, 0.29) is 0 Å². The van der Waals surface area contributed by atoms with E-state index in [1.54, 1.807) is 0 Å². The molecule has 2 spiro atoms. The van der Waals surface area contributed by atoms with Gasteiger partial charge in [-0.3, -0.25) is 0 Å². The van der Waals surface area contributed by atoms with Crippen molar-refractivity contribution in [2.75, 3.05) is 0 Å². The van der Waals surface area contributed by atoms with Crippen LogP contribution in [0.2, 0.25) is 0 Å². The van der Waals surface area contributed by atoms with E-state index in [1.165, 1.54) is 81.4 Å². The number of rotatable bonds is 8. The topological polar surface area (TPSA) is 83.2 Å². The fourth-order valence-corrected chi connectivity index (χ4v) is 21.1. The van der Waals surface area contributed by atoms with Gasteiger partial charge in [0.05, 0.1) is 39.2 Å². The first-order valence-electron chi connectivity index (χ1n) is 38.7. The van der Waals surface area contributed by atoms with Gasteiger partial charge in [-0.05, 0) is 184 Å². The number of para-hydroxylation sites is 5. The van der Waals surface area contributed by atoms with E-state index < -0.39 is 10.8 Å². The summed E-state index contributed by atoms with van der Waals surface area (Å²) in [6.45, 7) is 11.3. The second-order valence-electron chi connectivity index (χ2n) is 30.6. The molecule has 19 aromatic rings. The first-order valence-corrected chi connectivity index (χ1v) is 39.5. The summed E-state index contributed by atoms with van der Waals surface area (Å²) in [5.41, 5.74) is 34.2. The molecule has 0 saturated carbocycles. The molecule has 0 radical (unpaired) electrons. The number of fused-ring (bicyclic) bond motifs is 24. The van der Waals surface area contributed by atoms with Gasteiger partial charge >= 0.3 is 0 Å². The molecule has 0 N–H and O–H groups in total. The number of furan rings is 1. The first-order chi connectivity index (χ1) is 55.6. The molecule has 532 valence electrons. The molecule has 0 amide bonds. The molecule has 2 aliphatic carbocycles. The van der Waals surface area contributed by atoms with E-state index >= 15 is 0 Å². The highest BCUT2D eigenvalue weighted by Crippen LogP contribution is 2.66. The molecular weight excluding hydrogens is 1400 g/mol. The van der Waals surface area contributed by atoms with Crippen LogP contribution >= 0.6 is 11.3 Å². The summed E-state index contributed by atoms with van der Waals surface area (Å²) in [5, 5.41) is 4.57. The molecule has 2 aliphatic heterocycles. The van der Waals surface area contributed by atoms with Crippen molar-refractivity contribution in [3.63, 3.8) is 0 Å². The average Bonchev–Trinajstić information content (AvgIpc) is 1.54. The second-order valence-corrected chi connectivity index (χ2v) is 31.7. The number of hydrogen-bond donors (Lipinski definition) is 0. The number of hydrogen-bond acceptors (Lipinski definition) is 8. The van der Waals surface area contributed by atoms with Gasteiger partial charge in [0.1, 0.15) is 34.2 Å². The van der Waals surface area contributed by atoms with Gasteiger partial charge in [0.25, 0.3) is 0 Å². The Bertz CT molecular complexity index is 7210. The second kappa shape index (κ2) is 24.5. The zero-order valence-electron chi connectivity index (χ0n) is 62.5. The standard InChI is InChI=1S/C105H68N4O3S/c1-59-50-55-68-69-31-22-36-76(100(69)112-93(68)56-59)103-107-85(57-87(108-103)72-32-23-43-83-97(72)70-28-9-11-37-77(70)104(83)79-39-13-17-45-89(79)110-90-46-18-14-40-80(90)104)66-53-51-64(52-54-66)67-30-21-34-74-99-73(33-25-49-94(99)113-101(67)74)95-60(2)62(4)96(63(5)61(95)3)88-58-86(65-26-7-6-8-27-65)106-102(109-88)75-35-24-44-84-98(75)71-29-10-12-38-78(71)105(84)81-41-15-19-47-91(81)111-92-48-20-16-42-82(92)105/h6-58H,1-5H3. The largest absolute Gasteiger partial charge is 0.457 e. The molecule has 15 aromatic carbocycles. The minimum atomic E-state index is -0.653. The fourth-order valence-electron chi connectivity index (χ4n) is 19.8. The van der Waals surface area contributed by atoms with Gasteiger partial charge in [0.2, 0.25) is 0 Å². The van der Waals surface area contributed by atoms with Crippen LogP contribution in [-0.2, 0) is 10.8 Å². The van der Waals surface area contributed by atoms with Crippen LogP contribution in [0.4, 0.5) is 0 Å². The van der Waals surface area contributed by atoms with E-state index in [2.05, 4.69) is 356 Å².